The van der Waals surface area contributed by atoms with E-state index in [0.29, 0.717) is 32.1 Å². The number of carbonyl (C=O) groups is 2. The summed E-state index contributed by atoms with van der Waals surface area (Å²) in [6.07, 6.45) is 12.3. The molecule has 3 N–H and O–H groups in total. The lowest BCUT2D eigenvalue weighted by atomic mass is 9.89. The summed E-state index contributed by atoms with van der Waals surface area (Å²) >= 11 is 0. The second-order valence-corrected chi connectivity index (χ2v) is 7.63. The molecule has 160 valence electrons. The summed E-state index contributed by atoms with van der Waals surface area (Å²) in [4.78, 5) is 22.0. The van der Waals surface area contributed by atoms with Crippen molar-refractivity contribution < 1.29 is 29.6 Å². The smallest absolute Gasteiger partial charge is 0.303 e. The number of aliphatic carboxylic acids is 1. The molecule has 0 spiro atoms. The van der Waals surface area contributed by atoms with Crippen LogP contribution in [0.2, 0.25) is 0 Å². The number of carbonyl (C=O) groups excluding carboxylic acids is 1. The zero-order valence-electron chi connectivity index (χ0n) is 17.1. The van der Waals surface area contributed by atoms with Crippen LogP contribution < -0.4 is 0 Å². The first-order valence-corrected chi connectivity index (χ1v) is 10.4. The summed E-state index contributed by atoms with van der Waals surface area (Å²) < 4.78 is 5.41. The SMILES string of the molecule is CCCCC[C@H](O)/C=C/[C@@H]1[C@@H](C/C=C\CCCC(=O)O)[C@@H](O)C[C@H]1OC(C)=O. The van der Waals surface area contributed by atoms with Crippen LogP contribution in [0.3, 0.4) is 0 Å². The average Bonchev–Trinajstić information content (AvgIpc) is 2.90. The number of hydrogen-bond donors (Lipinski definition) is 3. The molecule has 0 amide bonds. The number of hydrogen-bond acceptors (Lipinski definition) is 5. The van der Waals surface area contributed by atoms with Crippen LogP contribution in [0.5, 0.6) is 0 Å². The van der Waals surface area contributed by atoms with Crippen molar-refractivity contribution >= 4 is 11.9 Å². The van der Waals surface area contributed by atoms with Crippen LogP contribution in [0.25, 0.3) is 0 Å². The highest BCUT2D eigenvalue weighted by molar-refractivity contribution is 5.66. The highest BCUT2D eigenvalue weighted by Crippen LogP contribution is 2.38. The van der Waals surface area contributed by atoms with Crippen LogP contribution in [-0.4, -0.2) is 45.6 Å². The fraction of sp³-hybridized carbons (Fsp3) is 0.727. The zero-order valence-corrected chi connectivity index (χ0v) is 17.1. The second-order valence-electron chi connectivity index (χ2n) is 7.63. The molecule has 1 aliphatic carbocycles. The van der Waals surface area contributed by atoms with Gasteiger partial charge < -0.3 is 20.1 Å². The Kier molecular flexibility index (Phi) is 11.8. The fourth-order valence-corrected chi connectivity index (χ4v) is 3.72. The number of unbranched alkanes of at least 4 members (excludes halogenated alkanes) is 3. The summed E-state index contributed by atoms with van der Waals surface area (Å²) in [6, 6.07) is 0. The lowest BCUT2D eigenvalue weighted by molar-refractivity contribution is -0.147. The first-order chi connectivity index (χ1) is 13.3. The van der Waals surface area contributed by atoms with E-state index in [4.69, 9.17) is 9.84 Å². The van der Waals surface area contributed by atoms with Crippen LogP contribution in [-0.2, 0) is 14.3 Å². The normalized spacial score (nSPS) is 26.1. The first kappa shape index (κ1) is 24.4. The third-order valence-corrected chi connectivity index (χ3v) is 5.20. The van der Waals surface area contributed by atoms with E-state index in [1.807, 2.05) is 18.2 Å². The summed E-state index contributed by atoms with van der Waals surface area (Å²) in [7, 11) is 0. The third-order valence-electron chi connectivity index (χ3n) is 5.20. The Hall–Kier alpha value is -1.66. The molecule has 0 saturated heterocycles. The van der Waals surface area contributed by atoms with Crippen LogP contribution in [0.4, 0.5) is 0 Å². The lowest BCUT2D eigenvalue weighted by Crippen LogP contribution is -2.24. The van der Waals surface area contributed by atoms with Gasteiger partial charge in [0.05, 0.1) is 12.2 Å². The van der Waals surface area contributed by atoms with E-state index < -0.39 is 24.3 Å². The maximum absolute atomic E-state index is 11.4. The number of aliphatic hydroxyl groups excluding tert-OH is 2. The van der Waals surface area contributed by atoms with Crippen molar-refractivity contribution in [1.29, 1.82) is 0 Å². The van der Waals surface area contributed by atoms with Crippen molar-refractivity contribution in [1.82, 2.24) is 0 Å². The molecular formula is C22H36O6. The molecule has 6 nitrogen and oxygen atoms in total. The maximum Gasteiger partial charge on any atom is 0.303 e. The van der Waals surface area contributed by atoms with Crippen LogP contribution in [0.1, 0.15) is 71.6 Å². The van der Waals surface area contributed by atoms with Gasteiger partial charge in [-0.1, -0.05) is 50.5 Å². The minimum Gasteiger partial charge on any atom is -0.481 e. The molecule has 1 saturated carbocycles. The molecule has 0 radical (unpaired) electrons. The highest BCUT2D eigenvalue weighted by Gasteiger charge is 2.42. The fourth-order valence-electron chi connectivity index (χ4n) is 3.72. The monoisotopic (exact) mass is 396 g/mol. The van der Waals surface area contributed by atoms with Crippen molar-refractivity contribution in [3.8, 4) is 0 Å². The Balaban J connectivity index is 2.67. The van der Waals surface area contributed by atoms with E-state index in [0.717, 1.165) is 19.3 Å². The number of rotatable bonds is 13. The van der Waals surface area contributed by atoms with Crippen molar-refractivity contribution in [2.24, 2.45) is 11.8 Å². The average molecular weight is 397 g/mol. The van der Waals surface area contributed by atoms with Gasteiger partial charge in [0, 0.05) is 25.7 Å². The van der Waals surface area contributed by atoms with E-state index in [9.17, 15) is 19.8 Å². The van der Waals surface area contributed by atoms with E-state index >= 15 is 0 Å². The summed E-state index contributed by atoms with van der Waals surface area (Å²) in [6.45, 7) is 3.48. The molecule has 28 heavy (non-hydrogen) atoms. The van der Waals surface area contributed by atoms with Gasteiger partial charge in [-0.15, -0.1) is 0 Å². The molecule has 0 aromatic rings. The van der Waals surface area contributed by atoms with Gasteiger partial charge in [0.25, 0.3) is 0 Å². The molecule has 0 unspecified atom stereocenters. The van der Waals surface area contributed by atoms with Gasteiger partial charge in [0.2, 0.25) is 0 Å². The second kappa shape index (κ2) is 13.5. The van der Waals surface area contributed by atoms with Crippen molar-refractivity contribution in [3.63, 3.8) is 0 Å². The van der Waals surface area contributed by atoms with Crippen LogP contribution >= 0.6 is 0 Å². The van der Waals surface area contributed by atoms with Gasteiger partial charge in [-0.25, -0.2) is 0 Å². The molecule has 1 rings (SSSR count). The van der Waals surface area contributed by atoms with Gasteiger partial charge in [-0.05, 0) is 31.6 Å². The van der Waals surface area contributed by atoms with Crippen molar-refractivity contribution in [3.05, 3.63) is 24.3 Å². The van der Waals surface area contributed by atoms with Crippen LogP contribution in [0.15, 0.2) is 24.3 Å². The lowest BCUT2D eigenvalue weighted by Gasteiger charge is -2.22. The van der Waals surface area contributed by atoms with E-state index in [-0.39, 0.29) is 24.2 Å². The summed E-state index contributed by atoms with van der Waals surface area (Å²) in [5.74, 6) is -1.42. The highest BCUT2D eigenvalue weighted by atomic mass is 16.5. The largest absolute Gasteiger partial charge is 0.481 e. The third kappa shape index (κ3) is 9.51. The molecule has 1 aliphatic rings. The standard InChI is InChI=1S/C22H36O6/c1-3-4-7-10-17(24)13-14-19-18(11-8-5-6-9-12-22(26)27)20(25)15-21(19)28-16(2)23/h5,8,13-14,17-21,24-25H,3-4,6-7,9-12,15H2,1-2H3,(H,26,27)/b8-5-,14-13+/t17-,18+,19+,20-,21+/m0/s1. The minimum atomic E-state index is -0.800. The first-order valence-electron chi connectivity index (χ1n) is 10.4. The molecule has 0 aliphatic heterocycles. The van der Waals surface area contributed by atoms with E-state index in [1.165, 1.54) is 6.92 Å². The number of carboxylic acid groups (broad SMARTS) is 1. The Morgan fingerprint density at radius 2 is 1.96 bits per heavy atom. The molecule has 0 aromatic carbocycles. The van der Waals surface area contributed by atoms with Gasteiger partial charge in [0.1, 0.15) is 6.10 Å². The molecule has 0 heterocycles. The molecule has 5 atom stereocenters. The number of ether oxygens (including phenoxy) is 1. The molecular weight excluding hydrogens is 360 g/mol. The quantitative estimate of drug-likeness (QED) is 0.250. The van der Waals surface area contributed by atoms with Gasteiger partial charge in [-0.2, -0.15) is 0 Å². The van der Waals surface area contributed by atoms with E-state index in [1.54, 1.807) is 6.08 Å². The predicted octanol–water partition coefficient (Wildman–Crippen LogP) is 3.61. The number of esters is 1. The van der Waals surface area contributed by atoms with Gasteiger partial charge >= 0.3 is 11.9 Å². The summed E-state index contributed by atoms with van der Waals surface area (Å²) in [5, 5.41) is 29.3. The van der Waals surface area contributed by atoms with Gasteiger partial charge in [-0.3, -0.25) is 9.59 Å². The Labute approximate surface area is 168 Å². The topological polar surface area (TPSA) is 104 Å². The van der Waals surface area contributed by atoms with E-state index in [2.05, 4.69) is 6.92 Å². The number of carboxylic acids is 1. The molecule has 6 heteroatoms. The van der Waals surface area contributed by atoms with Crippen molar-refractivity contribution in [2.45, 2.75) is 89.9 Å². The summed E-state index contributed by atoms with van der Waals surface area (Å²) in [5.41, 5.74) is 0. The van der Waals surface area contributed by atoms with Crippen LogP contribution in [0, 0.1) is 11.8 Å². The zero-order chi connectivity index (χ0) is 20.9. The Morgan fingerprint density at radius 3 is 2.61 bits per heavy atom. The van der Waals surface area contributed by atoms with Gasteiger partial charge in [0.15, 0.2) is 0 Å². The molecule has 0 bridgehead atoms. The number of aliphatic hydroxyl groups is 2. The molecule has 1 fully saturated rings. The molecule has 0 aromatic heterocycles. The van der Waals surface area contributed by atoms with Crippen molar-refractivity contribution in [2.75, 3.05) is 0 Å². The minimum absolute atomic E-state index is 0.0980. The maximum atomic E-state index is 11.4. The Bertz CT molecular complexity index is 527. The Morgan fingerprint density at radius 1 is 1.21 bits per heavy atom. The predicted molar refractivity (Wildman–Crippen MR) is 108 cm³/mol. The number of allylic oxidation sites excluding steroid dienone is 2.